The first-order chi connectivity index (χ1) is 13.9. The third-order valence-electron chi connectivity index (χ3n) is 5.97. The average molecular weight is 395 g/mol. The fourth-order valence-electron chi connectivity index (χ4n) is 3.87. The summed E-state index contributed by atoms with van der Waals surface area (Å²) in [7, 11) is 0. The van der Waals surface area contributed by atoms with Crippen molar-refractivity contribution >= 4 is 5.71 Å². The van der Waals surface area contributed by atoms with Crippen LogP contribution in [-0.2, 0) is 6.54 Å². The van der Waals surface area contributed by atoms with Crippen molar-refractivity contribution in [2.24, 2.45) is 16.6 Å². The van der Waals surface area contributed by atoms with Gasteiger partial charge in [0, 0.05) is 37.1 Å². The molecule has 2 rings (SSSR count). The van der Waals surface area contributed by atoms with Crippen LogP contribution in [0, 0.1) is 12.8 Å². The van der Waals surface area contributed by atoms with Gasteiger partial charge in [-0.15, -0.1) is 6.58 Å². The molecule has 1 aromatic rings. The molecule has 0 saturated heterocycles. The molecule has 1 aromatic carbocycles. The maximum atomic E-state index is 6.04. The maximum absolute atomic E-state index is 6.04. The van der Waals surface area contributed by atoms with Gasteiger partial charge in [-0.25, -0.2) is 0 Å². The summed E-state index contributed by atoms with van der Waals surface area (Å²) >= 11 is 0. The van der Waals surface area contributed by atoms with Gasteiger partial charge in [-0.1, -0.05) is 38.1 Å². The molecule has 2 unspecified atom stereocenters. The van der Waals surface area contributed by atoms with E-state index in [1.165, 1.54) is 27.8 Å². The fraction of sp³-hybridized carbons (Fsp3) is 0.480. The SMILES string of the molecule is C=CC(C)CCN=C(C)C(=CN)C1=C(C)C(c2cccc(CNCC)c2C)NC1. The third kappa shape index (κ3) is 5.68. The van der Waals surface area contributed by atoms with Crippen molar-refractivity contribution in [1.29, 1.82) is 0 Å². The Morgan fingerprint density at radius 3 is 2.83 bits per heavy atom. The van der Waals surface area contributed by atoms with Gasteiger partial charge in [-0.2, -0.15) is 0 Å². The highest BCUT2D eigenvalue weighted by molar-refractivity contribution is 6.02. The van der Waals surface area contributed by atoms with E-state index in [9.17, 15) is 0 Å². The molecule has 0 spiro atoms. The van der Waals surface area contributed by atoms with Crippen LogP contribution in [0.4, 0.5) is 0 Å². The van der Waals surface area contributed by atoms with Crippen LogP contribution in [0.15, 0.2) is 58.8 Å². The van der Waals surface area contributed by atoms with Crippen LogP contribution in [0.3, 0.4) is 0 Å². The first kappa shape index (κ1) is 23.1. The molecule has 0 aliphatic carbocycles. The molecule has 0 radical (unpaired) electrons. The van der Waals surface area contributed by atoms with Crippen LogP contribution >= 0.6 is 0 Å². The molecule has 0 saturated carbocycles. The summed E-state index contributed by atoms with van der Waals surface area (Å²) in [5.74, 6) is 0.479. The molecular weight excluding hydrogens is 356 g/mol. The maximum Gasteiger partial charge on any atom is 0.0545 e. The molecule has 0 fully saturated rings. The van der Waals surface area contributed by atoms with Crippen molar-refractivity contribution in [3.8, 4) is 0 Å². The summed E-state index contributed by atoms with van der Waals surface area (Å²) in [5, 5.41) is 7.13. The predicted molar refractivity (Wildman–Crippen MR) is 126 cm³/mol. The molecule has 1 heterocycles. The number of rotatable bonds is 10. The standard InChI is InChI=1S/C25H38N4/c1-7-17(3)12-13-28-20(6)23(14-26)24-16-29-25(19(24)5)22-11-9-10-21(18(22)4)15-27-8-2/h7,9-11,14,17,25,27,29H,1,8,12-13,15-16,26H2,2-6H3. The Balaban J connectivity index is 2.25. The van der Waals surface area contributed by atoms with E-state index in [0.29, 0.717) is 5.92 Å². The number of hydrogen-bond donors (Lipinski definition) is 3. The molecule has 158 valence electrons. The number of allylic oxidation sites excluding steroid dienone is 1. The van der Waals surface area contributed by atoms with Gasteiger partial charge >= 0.3 is 0 Å². The summed E-state index contributed by atoms with van der Waals surface area (Å²) in [6, 6.07) is 6.82. The van der Waals surface area contributed by atoms with E-state index in [1.54, 1.807) is 6.20 Å². The molecule has 2 atom stereocenters. The lowest BCUT2D eigenvalue weighted by Crippen LogP contribution is -2.19. The van der Waals surface area contributed by atoms with Gasteiger partial charge in [0.2, 0.25) is 0 Å². The van der Waals surface area contributed by atoms with Gasteiger partial charge in [0.1, 0.15) is 0 Å². The largest absolute Gasteiger partial charge is 0.404 e. The Kier molecular flexibility index (Phi) is 8.87. The summed E-state index contributed by atoms with van der Waals surface area (Å²) in [6.45, 7) is 18.1. The van der Waals surface area contributed by atoms with Gasteiger partial charge < -0.3 is 16.4 Å². The van der Waals surface area contributed by atoms with Gasteiger partial charge in [-0.3, -0.25) is 4.99 Å². The van der Waals surface area contributed by atoms with Gasteiger partial charge in [-0.05, 0) is 67.5 Å². The Hall–Kier alpha value is -2.17. The molecule has 29 heavy (non-hydrogen) atoms. The van der Waals surface area contributed by atoms with Gasteiger partial charge in [0.05, 0.1) is 6.04 Å². The van der Waals surface area contributed by atoms with Crippen LogP contribution in [0.1, 0.15) is 56.8 Å². The normalized spacial score (nSPS) is 19.0. The zero-order valence-corrected chi connectivity index (χ0v) is 18.8. The molecule has 4 N–H and O–H groups in total. The lowest BCUT2D eigenvalue weighted by atomic mass is 9.91. The molecule has 0 amide bonds. The van der Waals surface area contributed by atoms with E-state index in [-0.39, 0.29) is 6.04 Å². The number of hydrogen-bond acceptors (Lipinski definition) is 4. The van der Waals surface area contributed by atoms with Crippen LogP contribution in [0.5, 0.6) is 0 Å². The Bertz CT molecular complexity index is 801. The summed E-state index contributed by atoms with van der Waals surface area (Å²) in [6.07, 6.45) is 4.71. The molecule has 4 heteroatoms. The number of nitrogens with zero attached hydrogens (tertiary/aromatic N) is 1. The Morgan fingerprint density at radius 2 is 2.17 bits per heavy atom. The van der Waals surface area contributed by atoms with Crippen molar-refractivity contribution < 1.29 is 0 Å². The molecule has 1 aliphatic rings. The summed E-state index contributed by atoms with van der Waals surface area (Å²) < 4.78 is 0. The summed E-state index contributed by atoms with van der Waals surface area (Å²) in [5.41, 5.74) is 14.8. The zero-order chi connectivity index (χ0) is 21.4. The monoisotopic (exact) mass is 394 g/mol. The minimum Gasteiger partial charge on any atom is -0.404 e. The van der Waals surface area contributed by atoms with Crippen molar-refractivity contribution in [2.75, 3.05) is 19.6 Å². The lowest BCUT2D eigenvalue weighted by molar-refractivity contribution is 0.660. The Morgan fingerprint density at radius 1 is 1.41 bits per heavy atom. The molecular formula is C25H38N4. The minimum atomic E-state index is 0.218. The molecule has 0 bridgehead atoms. The lowest BCUT2D eigenvalue weighted by Gasteiger charge is -2.19. The average Bonchev–Trinajstić information content (AvgIpc) is 3.08. The van der Waals surface area contributed by atoms with E-state index in [1.807, 2.05) is 6.08 Å². The van der Waals surface area contributed by atoms with Crippen LogP contribution in [0.2, 0.25) is 0 Å². The highest BCUT2D eigenvalue weighted by Gasteiger charge is 2.27. The van der Waals surface area contributed by atoms with Gasteiger partial charge in [0.25, 0.3) is 0 Å². The predicted octanol–water partition coefficient (Wildman–Crippen LogP) is 4.58. The van der Waals surface area contributed by atoms with E-state index in [4.69, 9.17) is 10.7 Å². The zero-order valence-electron chi connectivity index (χ0n) is 18.8. The third-order valence-corrected chi connectivity index (χ3v) is 5.97. The van der Waals surface area contributed by atoms with Crippen molar-refractivity contribution in [3.63, 3.8) is 0 Å². The van der Waals surface area contributed by atoms with Gasteiger partial charge in [0.15, 0.2) is 0 Å². The van der Waals surface area contributed by atoms with Crippen LogP contribution in [-0.4, -0.2) is 25.3 Å². The van der Waals surface area contributed by atoms with E-state index in [0.717, 1.165) is 43.9 Å². The van der Waals surface area contributed by atoms with Crippen LogP contribution in [0.25, 0.3) is 0 Å². The second-order valence-electron chi connectivity index (χ2n) is 7.94. The smallest absolute Gasteiger partial charge is 0.0545 e. The van der Waals surface area contributed by atoms with Crippen molar-refractivity contribution in [1.82, 2.24) is 10.6 Å². The quantitative estimate of drug-likeness (QED) is 0.402. The van der Waals surface area contributed by atoms with Crippen molar-refractivity contribution in [3.05, 3.63) is 70.5 Å². The first-order valence-electron chi connectivity index (χ1n) is 10.7. The minimum absolute atomic E-state index is 0.218. The molecule has 0 aromatic heterocycles. The van der Waals surface area contributed by atoms with E-state index in [2.05, 4.69) is 70.0 Å². The Labute approximate surface area is 177 Å². The molecule has 4 nitrogen and oxygen atoms in total. The topological polar surface area (TPSA) is 62.4 Å². The van der Waals surface area contributed by atoms with Crippen LogP contribution < -0.4 is 16.4 Å². The van der Waals surface area contributed by atoms with E-state index >= 15 is 0 Å². The fourth-order valence-corrected chi connectivity index (χ4v) is 3.87. The first-order valence-corrected chi connectivity index (χ1v) is 10.7. The van der Waals surface area contributed by atoms with Crippen molar-refractivity contribution in [2.45, 2.75) is 53.6 Å². The number of nitrogens with two attached hydrogens (primary N) is 1. The number of benzene rings is 1. The highest BCUT2D eigenvalue weighted by Crippen LogP contribution is 2.34. The van der Waals surface area contributed by atoms with E-state index < -0.39 is 0 Å². The summed E-state index contributed by atoms with van der Waals surface area (Å²) in [4.78, 5) is 4.78. The number of aliphatic imine (C=N–C) groups is 1. The highest BCUT2D eigenvalue weighted by atomic mass is 14.9. The second-order valence-corrected chi connectivity index (χ2v) is 7.94. The second kappa shape index (κ2) is 11.1. The molecule has 1 aliphatic heterocycles. The number of nitrogens with one attached hydrogen (secondary N) is 2.